The summed E-state index contributed by atoms with van der Waals surface area (Å²) >= 11 is 0. The lowest BCUT2D eigenvalue weighted by Crippen LogP contribution is -2.56. The van der Waals surface area contributed by atoms with Gasteiger partial charge in [0.05, 0.1) is 6.21 Å². The van der Waals surface area contributed by atoms with Crippen molar-refractivity contribution in [2.24, 2.45) is 5.10 Å². The van der Waals surface area contributed by atoms with Gasteiger partial charge in [0.25, 0.3) is 5.91 Å². The molecule has 2 aliphatic rings. The maximum Gasteiger partial charge on any atom is 0.268 e. The molecule has 0 fully saturated rings. The van der Waals surface area contributed by atoms with Crippen molar-refractivity contribution in [1.29, 1.82) is 0 Å². The molecule has 5 nitrogen and oxygen atoms in total. The Hall–Kier alpha value is -3.86. The maximum atomic E-state index is 13.8. The van der Waals surface area contributed by atoms with Gasteiger partial charge in [0.2, 0.25) is 17.1 Å². The Bertz CT molecular complexity index is 1290. The number of benzene rings is 3. The fourth-order valence-corrected chi connectivity index (χ4v) is 4.41. The molecular weight excluding hydrogens is 376 g/mol. The van der Waals surface area contributed by atoms with Crippen molar-refractivity contribution < 1.29 is 14.4 Å². The van der Waals surface area contributed by atoms with Crippen molar-refractivity contribution in [3.63, 3.8) is 0 Å². The molecule has 0 unspecified atom stereocenters. The maximum absolute atomic E-state index is 13.8. The van der Waals surface area contributed by atoms with Gasteiger partial charge in [0, 0.05) is 28.3 Å². The quantitative estimate of drug-likeness (QED) is 0.458. The van der Waals surface area contributed by atoms with Gasteiger partial charge in [0.15, 0.2) is 0 Å². The van der Waals surface area contributed by atoms with Crippen molar-refractivity contribution >= 4 is 34.5 Å². The van der Waals surface area contributed by atoms with E-state index in [1.807, 2.05) is 30.3 Å². The topological polar surface area (TPSA) is 66.8 Å². The summed E-state index contributed by atoms with van der Waals surface area (Å²) in [6, 6.07) is 18.1. The fraction of sp³-hybridized carbons (Fsp3) is 0.120. The van der Waals surface area contributed by atoms with Crippen LogP contribution in [-0.2, 0) is 10.3 Å². The van der Waals surface area contributed by atoms with Crippen LogP contribution < -0.4 is 0 Å². The summed E-state index contributed by atoms with van der Waals surface area (Å²) in [6.07, 6.45) is 2.97. The lowest BCUT2D eigenvalue weighted by Gasteiger charge is -2.38. The second kappa shape index (κ2) is 6.32. The standard InChI is InChI=1S/C25H18N2O3/c1-15(2)13-22(28)27-25(23(29)18-9-5-6-10-19(18)24(25)30)21-12-11-16-7-3-4-8-17(16)20(21)14-26-27/h3-14H,1-2H3. The molecule has 1 heterocycles. The van der Waals surface area contributed by atoms with E-state index in [1.54, 1.807) is 50.4 Å². The van der Waals surface area contributed by atoms with E-state index >= 15 is 0 Å². The predicted octanol–water partition coefficient (Wildman–Crippen LogP) is 4.26. The SMILES string of the molecule is CC(C)=CC(=O)N1N=Cc2c(ccc3ccccc23)C12C(=O)c1ccccc1C2=O. The van der Waals surface area contributed by atoms with Crippen molar-refractivity contribution in [2.75, 3.05) is 0 Å². The largest absolute Gasteiger partial charge is 0.290 e. The second-order valence-corrected chi connectivity index (χ2v) is 7.78. The zero-order chi connectivity index (χ0) is 21.0. The van der Waals surface area contributed by atoms with Crippen LogP contribution in [0.4, 0.5) is 0 Å². The Labute approximate surface area is 173 Å². The first-order valence-electron chi connectivity index (χ1n) is 9.70. The average molecular weight is 394 g/mol. The third-order valence-electron chi connectivity index (χ3n) is 5.67. The number of ketones is 2. The molecule has 1 amide bonds. The van der Waals surface area contributed by atoms with Crippen LogP contribution in [0.3, 0.4) is 0 Å². The number of allylic oxidation sites excluding steroid dienone is 1. The summed E-state index contributed by atoms with van der Waals surface area (Å²) in [5.74, 6) is -1.35. The number of fused-ring (bicyclic) bond motifs is 5. The summed E-state index contributed by atoms with van der Waals surface area (Å²) in [6.45, 7) is 3.57. The van der Waals surface area contributed by atoms with Crippen LogP contribution in [-0.4, -0.2) is 28.7 Å². The number of hydrogen-bond donors (Lipinski definition) is 0. The first-order valence-corrected chi connectivity index (χ1v) is 9.70. The number of Topliss-reactive ketones (excluding diaryl/α,β-unsaturated/α-hetero) is 2. The minimum absolute atomic E-state index is 0.314. The highest BCUT2D eigenvalue weighted by molar-refractivity contribution is 6.35. The van der Waals surface area contributed by atoms with Crippen LogP contribution in [0, 0.1) is 0 Å². The number of hydrogen-bond acceptors (Lipinski definition) is 4. The summed E-state index contributed by atoms with van der Waals surface area (Å²) in [4.78, 5) is 40.7. The second-order valence-electron chi connectivity index (χ2n) is 7.78. The molecule has 0 radical (unpaired) electrons. The Kier molecular flexibility index (Phi) is 3.83. The van der Waals surface area contributed by atoms with Crippen LogP contribution in [0.1, 0.15) is 45.7 Å². The van der Waals surface area contributed by atoms with Crippen LogP contribution >= 0.6 is 0 Å². The predicted molar refractivity (Wildman–Crippen MR) is 115 cm³/mol. The number of amides is 1. The van der Waals surface area contributed by atoms with Crippen LogP contribution in [0.2, 0.25) is 0 Å². The van der Waals surface area contributed by atoms with Crippen LogP contribution in [0.5, 0.6) is 0 Å². The third-order valence-corrected chi connectivity index (χ3v) is 5.67. The first kappa shape index (κ1) is 18.2. The van der Waals surface area contributed by atoms with Crippen LogP contribution in [0.25, 0.3) is 10.8 Å². The van der Waals surface area contributed by atoms with E-state index in [4.69, 9.17) is 0 Å². The highest BCUT2D eigenvalue weighted by Crippen LogP contribution is 2.46. The van der Waals surface area contributed by atoms with E-state index < -0.39 is 23.0 Å². The highest BCUT2D eigenvalue weighted by Gasteiger charge is 2.61. The van der Waals surface area contributed by atoms with E-state index in [2.05, 4.69) is 5.10 Å². The average Bonchev–Trinajstić information content (AvgIpc) is 2.96. The van der Waals surface area contributed by atoms with Gasteiger partial charge in [-0.15, -0.1) is 0 Å². The molecular formula is C25H18N2O3. The minimum Gasteiger partial charge on any atom is -0.290 e. The number of carbonyl (C=O) groups is 3. The lowest BCUT2D eigenvalue weighted by atomic mass is 9.79. The van der Waals surface area contributed by atoms with Crippen LogP contribution in [0.15, 0.2) is 77.4 Å². The molecule has 5 heteroatoms. The minimum atomic E-state index is -1.83. The molecule has 1 spiro atoms. The molecule has 0 saturated heterocycles. The summed E-state index contributed by atoms with van der Waals surface area (Å²) < 4.78 is 0. The van der Waals surface area contributed by atoms with E-state index in [1.165, 1.54) is 6.08 Å². The van der Waals surface area contributed by atoms with Gasteiger partial charge in [-0.05, 0) is 24.6 Å². The number of nitrogens with zero attached hydrogens (tertiary/aromatic N) is 2. The summed E-state index contributed by atoms with van der Waals surface area (Å²) in [5.41, 5.74) is 0.718. The van der Waals surface area contributed by atoms with Crippen molar-refractivity contribution in [2.45, 2.75) is 19.4 Å². The lowest BCUT2D eigenvalue weighted by molar-refractivity contribution is -0.130. The van der Waals surface area contributed by atoms with Gasteiger partial charge in [-0.3, -0.25) is 14.4 Å². The molecule has 0 N–H and O–H groups in total. The monoisotopic (exact) mass is 394 g/mol. The molecule has 1 aliphatic heterocycles. The van der Waals surface area contributed by atoms with E-state index in [-0.39, 0.29) is 0 Å². The van der Waals surface area contributed by atoms with Gasteiger partial charge < -0.3 is 0 Å². The molecule has 30 heavy (non-hydrogen) atoms. The number of hydrazone groups is 1. The molecule has 0 aromatic heterocycles. The first-order chi connectivity index (χ1) is 14.5. The number of carbonyl (C=O) groups excluding carboxylic acids is 3. The number of rotatable bonds is 1. The van der Waals surface area contributed by atoms with Gasteiger partial charge in [-0.1, -0.05) is 66.2 Å². The van der Waals surface area contributed by atoms with E-state index in [0.717, 1.165) is 21.4 Å². The molecule has 146 valence electrons. The Balaban J connectivity index is 1.86. The summed E-state index contributed by atoms with van der Waals surface area (Å²) in [7, 11) is 0. The molecule has 3 aromatic carbocycles. The summed E-state index contributed by atoms with van der Waals surface area (Å²) in [5, 5.41) is 7.27. The van der Waals surface area contributed by atoms with Gasteiger partial charge in [-0.2, -0.15) is 5.10 Å². The van der Waals surface area contributed by atoms with Crippen molar-refractivity contribution in [3.05, 3.63) is 94.6 Å². The van der Waals surface area contributed by atoms with Gasteiger partial charge >= 0.3 is 0 Å². The molecule has 0 atom stereocenters. The highest BCUT2D eigenvalue weighted by atomic mass is 16.2. The molecule has 0 saturated carbocycles. The zero-order valence-electron chi connectivity index (χ0n) is 16.5. The molecule has 5 rings (SSSR count). The van der Waals surface area contributed by atoms with Gasteiger partial charge in [0.1, 0.15) is 0 Å². The normalized spacial score (nSPS) is 16.0. The van der Waals surface area contributed by atoms with E-state index in [0.29, 0.717) is 22.3 Å². The third kappa shape index (κ3) is 2.23. The zero-order valence-corrected chi connectivity index (χ0v) is 16.5. The smallest absolute Gasteiger partial charge is 0.268 e. The van der Waals surface area contributed by atoms with E-state index in [9.17, 15) is 14.4 Å². The van der Waals surface area contributed by atoms with Crippen molar-refractivity contribution in [1.82, 2.24) is 5.01 Å². The van der Waals surface area contributed by atoms with Crippen molar-refractivity contribution in [3.8, 4) is 0 Å². The Morgan fingerprint density at radius 2 is 1.53 bits per heavy atom. The fourth-order valence-electron chi connectivity index (χ4n) is 4.41. The molecule has 0 bridgehead atoms. The Morgan fingerprint density at radius 1 is 0.900 bits per heavy atom. The molecule has 1 aliphatic carbocycles. The Morgan fingerprint density at radius 3 is 2.20 bits per heavy atom. The molecule has 3 aromatic rings. The van der Waals surface area contributed by atoms with Gasteiger partial charge in [-0.25, -0.2) is 5.01 Å².